The first kappa shape index (κ1) is 13.7. The number of aliphatic carboxylic acids is 1. The van der Waals surface area contributed by atoms with E-state index in [1.54, 1.807) is 0 Å². The maximum atomic E-state index is 10.5. The van der Waals surface area contributed by atoms with Crippen molar-refractivity contribution in [3.63, 3.8) is 0 Å². The number of hydrogen-bond donors (Lipinski definition) is 2. The molecule has 84 valence electrons. The van der Waals surface area contributed by atoms with Crippen molar-refractivity contribution in [1.82, 2.24) is 0 Å². The Kier molecular flexibility index (Phi) is 5.45. The number of carboxylic acids is 1. The van der Waals surface area contributed by atoms with Gasteiger partial charge in [-0.15, -0.1) is 12.4 Å². The van der Waals surface area contributed by atoms with Gasteiger partial charge in [0.15, 0.2) is 0 Å². The van der Waals surface area contributed by atoms with Crippen molar-refractivity contribution in [2.75, 3.05) is 6.54 Å². The van der Waals surface area contributed by atoms with E-state index in [1.807, 2.05) is 0 Å². The van der Waals surface area contributed by atoms with Gasteiger partial charge in [0.1, 0.15) is 0 Å². The summed E-state index contributed by atoms with van der Waals surface area (Å²) in [6.07, 6.45) is 4.44. The summed E-state index contributed by atoms with van der Waals surface area (Å²) in [6.45, 7) is 2.86. The van der Waals surface area contributed by atoms with Gasteiger partial charge < -0.3 is 10.8 Å². The standard InChI is InChI=1S/C10H19NO2.ClH/c1-8-2-4-10(6-8,7-11)5-3-9(12)13;/h8H,2-7,11H2,1H3,(H,12,13);1H/t8-,10+;/m1./s1. The van der Waals surface area contributed by atoms with Crippen molar-refractivity contribution in [3.05, 3.63) is 0 Å². The Morgan fingerprint density at radius 1 is 1.64 bits per heavy atom. The van der Waals surface area contributed by atoms with Crippen LogP contribution in [0.1, 0.15) is 39.0 Å². The maximum absolute atomic E-state index is 10.5. The molecule has 0 amide bonds. The molecule has 2 atom stereocenters. The highest BCUT2D eigenvalue weighted by Crippen LogP contribution is 2.44. The minimum Gasteiger partial charge on any atom is -0.481 e. The minimum atomic E-state index is -0.702. The van der Waals surface area contributed by atoms with E-state index in [0.29, 0.717) is 6.54 Å². The van der Waals surface area contributed by atoms with Crippen LogP contribution in [0.3, 0.4) is 0 Å². The molecule has 1 aliphatic rings. The van der Waals surface area contributed by atoms with Crippen LogP contribution in [0.4, 0.5) is 0 Å². The van der Waals surface area contributed by atoms with Crippen LogP contribution < -0.4 is 5.73 Å². The lowest BCUT2D eigenvalue weighted by Gasteiger charge is -2.26. The smallest absolute Gasteiger partial charge is 0.303 e. The fourth-order valence-corrected chi connectivity index (χ4v) is 2.38. The zero-order valence-corrected chi connectivity index (χ0v) is 9.48. The molecule has 0 spiro atoms. The highest BCUT2D eigenvalue weighted by Gasteiger charge is 2.36. The van der Waals surface area contributed by atoms with E-state index in [1.165, 1.54) is 6.42 Å². The predicted octanol–water partition coefficient (Wildman–Crippen LogP) is 2.04. The molecule has 3 nitrogen and oxygen atoms in total. The van der Waals surface area contributed by atoms with E-state index in [2.05, 4.69) is 6.92 Å². The van der Waals surface area contributed by atoms with Gasteiger partial charge in [-0.3, -0.25) is 4.79 Å². The van der Waals surface area contributed by atoms with E-state index < -0.39 is 5.97 Å². The molecule has 0 aromatic rings. The van der Waals surface area contributed by atoms with Crippen LogP contribution >= 0.6 is 12.4 Å². The number of carboxylic acid groups (broad SMARTS) is 1. The molecule has 0 unspecified atom stereocenters. The number of halogens is 1. The van der Waals surface area contributed by atoms with Crippen molar-refractivity contribution < 1.29 is 9.90 Å². The lowest BCUT2D eigenvalue weighted by atomic mass is 9.81. The largest absolute Gasteiger partial charge is 0.481 e. The molecule has 1 saturated carbocycles. The van der Waals surface area contributed by atoms with Gasteiger partial charge >= 0.3 is 5.97 Å². The van der Waals surface area contributed by atoms with Crippen LogP contribution in [0.15, 0.2) is 0 Å². The molecule has 1 fully saturated rings. The highest BCUT2D eigenvalue weighted by molar-refractivity contribution is 5.85. The highest BCUT2D eigenvalue weighted by atomic mass is 35.5. The molecule has 0 saturated heterocycles. The van der Waals surface area contributed by atoms with Crippen LogP contribution in [0.2, 0.25) is 0 Å². The Hall–Kier alpha value is -0.280. The van der Waals surface area contributed by atoms with Crippen LogP contribution in [0.5, 0.6) is 0 Å². The number of rotatable bonds is 4. The summed E-state index contributed by atoms with van der Waals surface area (Å²) in [5, 5.41) is 8.61. The third-order valence-electron chi connectivity index (χ3n) is 3.25. The number of hydrogen-bond acceptors (Lipinski definition) is 2. The first-order valence-electron chi connectivity index (χ1n) is 5.00. The van der Waals surface area contributed by atoms with Crippen LogP contribution in [0.25, 0.3) is 0 Å². The summed E-state index contributed by atoms with van der Waals surface area (Å²) < 4.78 is 0. The van der Waals surface area contributed by atoms with Crippen molar-refractivity contribution in [2.45, 2.75) is 39.0 Å². The van der Waals surface area contributed by atoms with Gasteiger partial charge in [0.25, 0.3) is 0 Å². The molecule has 1 rings (SSSR count). The third kappa shape index (κ3) is 3.46. The SMILES string of the molecule is C[C@@H]1CC[C@](CN)(CCC(=O)O)C1.Cl. The summed E-state index contributed by atoms with van der Waals surface area (Å²) in [7, 11) is 0. The van der Waals surface area contributed by atoms with E-state index >= 15 is 0 Å². The molecular formula is C10H20ClNO2. The Morgan fingerprint density at radius 3 is 2.64 bits per heavy atom. The van der Waals surface area contributed by atoms with Crippen LogP contribution in [-0.4, -0.2) is 17.6 Å². The second kappa shape index (κ2) is 5.56. The molecule has 0 aliphatic heterocycles. The summed E-state index contributed by atoms with van der Waals surface area (Å²) in [4.78, 5) is 10.5. The first-order valence-corrected chi connectivity index (χ1v) is 5.00. The number of carbonyl (C=O) groups is 1. The Bertz CT molecular complexity index is 199. The molecule has 14 heavy (non-hydrogen) atoms. The fraction of sp³-hybridized carbons (Fsp3) is 0.900. The molecular weight excluding hydrogens is 202 g/mol. The van der Waals surface area contributed by atoms with Crippen LogP contribution in [-0.2, 0) is 4.79 Å². The van der Waals surface area contributed by atoms with Gasteiger partial charge in [0.05, 0.1) is 0 Å². The Balaban J connectivity index is 0.00000169. The van der Waals surface area contributed by atoms with Crippen molar-refractivity contribution in [1.29, 1.82) is 0 Å². The molecule has 0 bridgehead atoms. The van der Waals surface area contributed by atoms with Gasteiger partial charge in [-0.2, -0.15) is 0 Å². The fourth-order valence-electron chi connectivity index (χ4n) is 2.38. The molecule has 3 N–H and O–H groups in total. The second-order valence-electron chi connectivity index (χ2n) is 4.45. The minimum absolute atomic E-state index is 0. The molecule has 0 heterocycles. The van der Waals surface area contributed by atoms with Crippen molar-refractivity contribution in [3.8, 4) is 0 Å². The van der Waals surface area contributed by atoms with E-state index in [-0.39, 0.29) is 24.2 Å². The summed E-state index contributed by atoms with van der Waals surface area (Å²) >= 11 is 0. The molecule has 0 aromatic heterocycles. The van der Waals surface area contributed by atoms with Crippen molar-refractivity contribution in [2.24, 2.45) is 17.1 Å². The van der Waals surface area contributed by atoms with E-state index in [0.717, 1.165) is 25.2 Å². The quantitative estimate of drug-likeness (QED) is 0.764. The molecule has 0 aromatic carbocycles. The van der Waals surface area contributed by atoms with Crippen molar-refractivity contribution >= 4 is 18.4 Å². The van der Waals surface area contributed by atoms with Crippen LogP contribution in [0, 0.1) is 11.3 Å². The van der Waals surface area contributed by atoms with Gasteiger partial charge in [0, 0.05) is 6.42 Å². The summed E-state index contributed by atoms with van der Waals surface area (Å²) in [5.74, 6) is 0.0183. The summed E-state index contributed by atoms with van der Waals surface area (Å²) in [6, 6.07) is 0. The zero-order valence-electron chi connectivity index (χ0n) is 8.66. The third-order valence-corrected chi connectivity index (χ3v) is 3.25. The molecule has 1 aliphatic carbocycles. The monoisotopic (exact) mass is 221 g/mol. The second-order valence-corrected chi connectivity index (χ2v) is 4.45. The topological polar surface area (TPSA) is 63.3 Å². The normalized spacial score (nSPS) is 31.1. The Morgan fingerprint density at radius 2 is 2.29 bits per heavy atom. The lowest BCUT2D eigenvalue weighted by molar-refractivity contribution is -0.137. The van der Waals surface area contributed by atoms with Gasteiger partial charge in [-0.25, -0.2) is 0 Å². The summed E-state index contributed by atoms with van der Waals surface area (Å²) in [5.41, 5.74) is 5.86. The first-order chi connectivity index (χ1) is 6.08. The average molecular weight is 222 g/mol. The van der Waals surface area contributed by atoms with E-state index in [4.69, 9.17) is 10.8 Å². The molecule has 0 radical (unpaired) electrons. The van der Waals surface area contributed by atoms with Gasteiger partial charge in [0.2, 0.25) is 0 Å². The average Bonchev–Trinajstić information content (AvgIpc) is 2.45. The van der Waals surface area contributed by atoms with Gasteiger partial charge in [-0.1, -0.05) is 13.3 Å². The Labute approximate surface area is 91.5 Å². The predicted molar refractivity (Wildman–Crippen MR) is 58.6 cm³/mol. The lowest BCUT2D eigenvalue weighted by Crippen LogP contribution is -2.28. The van der Waals surface area contributed by atoms with Gasteiger partial charge in [-0.05, 0) is 37.1 Å². The molecule has 4 heteroatoms. The maximum Gasteiger partial charge on any atom is 0.303 e. The number of nitrogens with two attached hydrogens (primary N) is 1. The van der Waals surface area contributed by atoms with E-state index in [9.17, 15) is 4.79 Å². The zero-order chi connectivity index (χ0) is 9.90.